The number of fused-ring (bicyclic) bond motifs is 7. The molecule has 0 aromatic heterocycles. The monoisotopic (exact) mass is 524 g/mol. The molecule has 2 amide bonds. The van der Waals surface area contributed by atoms with Crippen molar-refractivity contribution in [2.24, 2.45) is 47.3 Å². The molecule has 0 aromatic carbocycles. The minimum absolute atomic E-state index is 0.134. The first kappa shape index (κ1) is 25.8. The Hall–Kier alpha value is -2.45. The van der Waals surface area contributed by atoms with Gasteiger partial charge in [-0.2, -0.15) is 0 Å². The predicted octanol–water partition coefficient (Wildman–Crippen LogP) is 2.85. The van der Waals surface area contributed by atoms with Gasteiger partial charge < -0.3 is 25.2 Å². The molecule has 6 bridgehead atoms. The molecule has 206 valence electrons. The van der Waals surface area contributed by atoms with Crippen LogP contribution in [0, 0.1) is 47.3 Å². The van der Waals surface area contributed by atoms with Crippen LogP contribution in [0.25, 0.3) is 0 Å². The number of hydrogen-bond donors (Lipinski definition) is 3. The number of methoxy groups -OCH3 is 1. The van der Waals surface area contributed by atoms with Gasteiger partial charge >= 0.3 is 0 Å². The fraction of sp³-hybridized carbons (Fsp3) is 0.700. The van der Waals surface area contributed by atoms with Gasteiger partial charge in [0, 0.05) is 13.7 Å². The molecule has 0 aromatic rings. The van der Waals surface area contributed by atoms with Crippen LogP contribution in [0.15, 0.2) is 35.6 Å². The molecule has 0 radical (unpaired) electrons. The molecule has 3 aliphatic heterocycles. The first-order valence-corrected chi connectivity index (χ1v) is 14.4. The Bertz CT molecular complexity index is 1100. The van der Waals surface area contributed by atoms with Crippen LogP contribution in [0.3, 0.4) is 0 Å². The maximum Gasteiger partial charge on any atom is 0.259 e. The summed E-state index contributed by atoms with van der Waals surface area (Å²) in [6, 6.07) is -0.666. The Morgan fingerprint density at radius 1 is 1.08 bits per heavy atom. The van der Waals surface area contributed by atoms with E-state index in [9.17, 15) is 19.5 Å². The summed E-state index contributed by atoms with van der Waals surface area (Å²) >= 11 is 0. The molecule has 8 nitrogen and oxygen atoms in total. The fourth-order valence-corrected chi connectivity index (χ4v) is 9.00. The first-order valence-electron chi connectivity index (χ1n) is 14.4. The van der Waals surface area contributed by atoms with Crippen LogP contribution in [-0.4, -0.2) is 60.7 Å². The second kappa shape index (κ2) is 9.94. The summed E-state index contributed by atoms with van der Waals surface area (Å²) in [6.45, 7) is 4.96. The number of aliphatic hydroxyl groups is 1. The normalized spacial score (nSPS) is 45.1. The summed E-state index contributed by atoms with van der Waals surface area (Å²) < 4.78 is 12.3. The Morgan fingerprint density at radius 3 is 2.63 bits per heavy atom. The Labute approximate surface area is 224 Å². The van der Waals surface area contributed by atoms with E-state index in [1.54, 1.807) is 19.3 Å². The number of hydrogen-bond acceptors (Lipinski definition) is 6. The lowest BCUT2D eigenvalue weighted by atomic mass is 9.45. The van der Waals surface area contributed by atoms with Crippen molar-refractivity contribution in [3.05, 3.63) is 35.6 Å². The van der Waals surface area contributed by atoms with Crippen molar-refractivity contribution in [3.63, 3.8) is 0 Å². The highest BCUT2D eigenvalue weighted by Gasteiger charge is 2.68. The summed E-state index contributed by atoms with van der Waals surface area (Å²) in [6.07, 6.45) is 11.7. The zero-order chi connectivity index (χ0) is 26.7. The number of ketones is 1. The molecule has 8 heteroatoms. The van der Waals surface area contributed by atoms with Gasteiger partial charge in [-0.3, -0.25) is 14.4 Å². The first-order chi connectivity index (χ1) is 18.3. The lowest BCUT2D eigenvalue weighted by Gasteiger charge is -2.58. The van der Waals surface area contributed by atoms with Crippen LogP contribution in [0.1, 0.15) is 46.0 Å². The molecule has 3 saturated carbocycles. The average Bonchev–Trinajstić information content (AvgIpc) is 3.60. The van der Waals surface area contributed by atoms with Crippen LogP contribution in [0.4, 0.5) is 0 Å². The van der Waals surface area contributed by atoms with E-state index in [4.69, 9.17) is 9.47 Å². The van der Waals surface area contributed by atoms with Crippen molar-refractivity contribution in [3.8, 4) is 0 Å². The molecular weight excluding hydrogens is 484 g/mol. The third kappa shape index (κ3) is 4.24. The van der Waals surface area contributed by atoms with Gasteiger partial charge in [-0.25, -0.2) is 0 Å². The summed E-state index contributed by atoms with van der Waals surface area (Å²) in [4.78, 5) is 37.9. The van der Waals surface area contributed by atoms with Crippen molar-refractivity contribution in [2.75, 3.05) is 13.7 Å². The van der Waals surface area contributed by atoms with Crippen molar-refractivity contribution in [2.45, 2.75) is 70.3 Å². The van der Waals surface area contributed by atoms with Gasteiger partial charge in [-0.1, -0.05) is 19.1 Å². The number of allylic oxidation sites excluding steroid dienone is 3. The molecule has 3 heterocycles. The minimum Gasteiger partial charge on any atom is -0.507 e. The van der Waals surface area contributed by atoms with Crippen LogP contribution in [0.5, 0.6) is 0 Å². The number of ether oxygens (including phenoxy) is 2. The molecule has 12 atom stereocenters. The molecule has 3 aliphatic carbocycles. The number of amides is 2. The second-order valence-electron chi connectivity index (χ2n) is 12.4. The Balaban J connectivity index is 1.35. The van der Waals surface area contributed by atoms with Gasteiger partial charge in [0.25, 0.3) is 5.91 Å². The van der Waals surface area contributed by atoms with E-state index in [0.29, 0.717) is 54.9 Å². The molecule has 6 rings (SSSR count). The molecule has 5 fully saturated rings. The highest BCUT2D eigenvalue weighted by Crippen LogP contribution is 2.66. The standard InChI is InChI=1S/C30H40N2O6/c1-14-12-18-19-13-16-9-10-21(33)26-27(35)20(32-30(26)36)7-5-11-31-22(34)8-4-6-17(16)24(18)28-29(38-28)25(19)23(14)15(2)37-3/h4,8-10,14-20,23-25,28-29,33H,5-7,11-13H2,1-3H3,(H,31,34)(H,32,36). The number of epoxide rings is 1. The number of nitrogens with one attached hydrogen (secondary N) is 2. The van der Waals surface area contributed by atoms with Crippen molar-refractivity contribution >= 4 is 17.6 Å². The van der Waals surface area contributed by atoms with Gasteiger partial charge in [0.15, 0.2) is 5.78 Å². The van der Waals surface area contributed by atoms with Crippen LogP contribution in [-0.2, 0) is 23.9 Å². The van der Waals surface area contributed by atoms with Crippen molar-refractivity contribution in [1.29, 1.82) is 0 Å². The molecular formula is C30H40N2O6. The zero-order valence-electron chi connectivity index (χ0n) is 22.5. The van der Waals surface area contributed by atoms with Crippen molar-refractivity contribution < 1.29 is 29.0 Å². The Morgan fingerprint density at radius 2 is 1.84 bits per heavy atom. The van der Waals surface area contributed by atoms with E-state index in [2.05, 4.69) is 24.5 Å². The third-order valence-electron chi connectivity index (χ3n) is 10.6. The van der Waals surface area contributed by atoms with Gasteiger partial charge in [0.05, 0.1) is 24.4 Å². The van der Waals surface area contributed by atoms with E-state index in [1.165, 1.54) is 0 Å². The van der Waals surface area contributed by atoms with Crippen LogP contribution < -0.4 is 10.6 Å². The molecule has 3 N–H and O–H groups in total. The van der Waals surface area contributed by atoms with Crippen molar-refractivity contribution in [1.82, 2.24) is 10.6 Å². The highest BCUT2D eigenvalue weighted by atomic mass is 16.6. The maximum atomic E-state index is 12.9. The topological polar surface area (TPSA) is 117 Å². The van der Waals surface area contributed by atoms with Crippen LogP contribution in [0.2, 0.25) is 0 Å². The number of carbonyl (C=O) groups is 3. The van der Waals surface area contributed by atoms with Gasteiger partial charge in [-0.05, 0) is 98.5 Å². The van der Waals surface area contributed by atoms with E-state index < -0.39 is 11.9 Å². The van der Waals surface area contributed by atoms with Gasteiger partial charge in [-0.15, -0.1) is 0 Å². The molecule has 12 unspecified atom stereocenters. The summed E-state index contributed by atoms with van der Waals surface area (Å²) in [5.41, 5.74) is -0.153. The van der Waals surface area contributed by atoms with Crippen LogP contribution >= 0.6 is 0 Å². The maximum absolute atomic E-state index is 12.9. The lowest BCUT2D eigenvalue weighted by Crippen LogP contribution is -2.57. The molecule has 6 aliphatic rings. The van der Waals surface area contributed by atoms with E-state index >= 15 is 0 Å². The molecule has 0 spiro atoms. The zero-order valence-corrected chi connectivity index (χ0v) is 22.5. The van der Waals surface area contributed by atoms with E-state index in [0.717, 1.165) is 19.3 Å². The molecule has 38 heavy (non-hydrogen) atoms. The number of Topliss-reactive ketones (excluding diaryl/α,β-unsaturated/α-hetero) is 1. The smallest absolute Gasteiger partial charge is 0.259 e. The number of rotatable bonds is 2. The predicted molar refractivity (Wildman–Crippen MR) is 140 cm³/mol. The average molecular weight is 525 g/mol. The third-order valence-corrected chi connectivity index (χ3v) is 10.6. The second-order valence-corrected chi connectivity index (χ2v) is 12.4. The van der Waals surface area contributed by atoms with E-state index in [-0.39, 0.29) is 53.2 Å². The van der Waals surface area contributed by atoms with E-state index in [1.807, 2.05) is 12.2 Å². The summed E-state index contributed by atoms with van der Waals surface area (Å²) in [5, 5.41) is 16.5. The number of aliphatic hydroxyl groups excluding tert-OH is 1. The lowest BCUT2D eigenvalue weighted by molar-refractivity contribution is -0.118. The highest BCUT2D eigenvalue weighted by molar-refractivity contribution is 6.27. The quantitative estimate of drug-likeness (QED) is 0.378. The summed E-state index contributed by atoms with van der Waals surface area (Å²) in [7, 11) is 1.80. The fourth-order valence-electron chi connectivity index (χ4n) is 9.00. The van der Waals surface area contributed by atoms with Gasteiger partial charge in [0.1, 0.15) is 11.3 Å². The molecule has 2 saturated heterocycles. The van der Waals surface area contributed by atoms with Gasteiger partial charge in [0.2, 0.25) is 5.91 Å². The number of carbonyl (C=O) groups excluding carboxylic acids is 3. The largest absolute Gasteiger partial charge is 0.507 e. The minimum atomic E-state index is -0.666. The Kier molecular flexibility index (Phi) is 6.75. The SMILES string of the molecule is COC(C)C1C(C)CC2C3CC4C=CC(O)=C5C(=O)NC(CCCNC(=O)C=CCC4C2C2OC2C31)C5=O. The summed E-state index contributed by atoms with van der Waals surface area (Å²) in [5.74, 6) is 2.01.